The summed E-state index contributed by atoms with van der Waals surface area (Å²) in [5, 5.41) is 11.4. The molecule has 1 aliphatic rings. The third-order valence-electron chi connectivity index (χ3n) is 2.94. The average molecular weight is 278 g/mol. The van der Waals surface area contributed by atoms with Crippen LogP contribution in [0.25, 0.3) is 0 Å². The van der Waals surface area contributed by atoms with Crippen LogP contribution in [0.4, 0.5) is 0 Å². The van der Waals surface area contributed by atoms with E-state index < -0.39 is 21.9 Å². The van der Waals surface area contributed by atoms with E-state index >= 15 is 0 Å². The van der Waals surface area contributed by atoms with Gasteiger partial charge in [-0.3, -0.25) is 9.59 Å². The molecule has 2 unspecified atom stereocenters. The summed E-state index contributed by atoms with van der Waals surface area (Å²) in [5.74, 6) is -1.77. The van der Waals surface area contributed by atoms with Gasteiger partial charge < -0.3 is 10.4 Å². The fourth-order valence-electron chi connectivity index (χ4n) is 2.01. The van der Waals surface area contributed by atoms with E-state index in [2.05, 4.69) is 10.0 Å². The number of carbonyl (C=O) groups is 2. The number of carboxylic acids is 1. The largest absolute Gasteiger partial charge is 0.481 e. The third kappa shape index (κ3) is 5.01. The number of carboxylic acid groups (broad SMARTS) is 1. The first-order chi connectivity index (χ1) is 8.29. The van der Waals surface area contributed by atoms with Crippen LogP contribution in [0.1, 0.15) is 19.3 Å². The van der Waals surface area contributed by atoms with Crippen LogP contribution in [0.5, 0.6) is 0 Å². The fraction of sp³-hybridized carbons (Fsp3) is 0.800. The van der Waals surface area contributed by atoms with E-state index in [-0.39, 0.29) is 24.9 Å². The summed E-state index contributed by atoms with van der Waals surface area (Å²) in [5.41, 5.74) is 0. The fourth-order valence-corrected chi connectivity index (χ4v) is 2.48. The van der Waals surface area contributed by atoms with Crippen molar-refractivity contribution in [2.45, 2.75) is 19.3 Å². The van der Waals surface area contributed by atoms with E-state index in [4.69, 9.17) is 5.11 Å². The highest BCUT2D eigenvalue weighted by molar-refractivity contribution is 7.88. The number of hydrogen-bond acceptors (Lipinski definition) is 4. The van der Waals surface area contributed by atoms with Gasteiger partial charge in [-0.1, -0.05) is 0 Å². The number of sulfonamides is 1. The number of amides is 1. The van der Waals surface area contributed by atoms with E-state index in [1.54, 1.807) is 0 Å². The smallest absolute Gasteiger partial charge is 0.306 e. The molecule has 0 saturated heterocycles. The van der Waals surface area contributed by atoms with Gasteiger partial charge in [0.05, 0.1) is 12.2 Å². The normalized spacial score (nSPS) is 23.8. The lowest BCUT2D eigenvalue weighted by molar-refractivity contribution is -0.141. The summed E-state index contributed by atoms with van der Waals surface area (Å²) in [7, 11) is -3.24. The SMILES string of the molecule is CS(=O)(=O)NCCNC(=O)C1CCC(C(=O)O)C1. The monoisotopic (exact) mass is 278 g/mol. The molecule has 3 N–H and O–H groups in total. The zero-order valence-corrected chi connectivity index (χ0v) is 11.0. The van der Waals surface area contributed by atoms with Crippen LogP contribution in [0.3, 0.4) is 0 Å². The molecule has 1 fully saturated rings. The van der Waals surface area contributed by atoms with Gasteiger partial charge in [-0.15, -0.1) is 0 Å². The molecule has 0 heterocycles. The maximum atomic E-state index is 11.7. The summed E-state index contributed by atoms with van der Waals surface area (Å²) in [6, 6.07) is 0. The quantitative estimate of drug-likeness (QED) is 0.548. The maximum absolute atomic E-state index is 11.7. The van der Waals surface area contributed by atoms with Crippen molar-refractivity contribution in [2.75, 3.05) is 19.3 Å². The molecule has 0 spiro atoms. The van der Waals surface area contributed by atoms with Crippen LogP contribution >= 0.6 is 0 Å². The van der Waals surface area contributed by atoms with Crippen molar-refractivity contribution in [1.82, 2.24) is 10.0 Å². The Morgan fingerprint density at radius 2 is 1.83 bits per heavy atom. The summed E-state index contributed by atoms with van der Waals surface area (Å²) >= 11 is 0. The van der Waals surface area contributed by atoms with Crippen molar-refractivity contribution in [3.63, 3.8) is 0 Å². The Morgan fingerprint density at radius 3 is 2.33 bits per heavy atom. The Kier molecular flexibility index (Phi) is 5.09. The predicted octanol–water partition coefficient (Wildman–Crippen LogP) is -0.847. The first kappa shape index (κ1) is 14.9. The van der Waals surface area contributed by atoms with Crippen molar-refractivity contribution >= 4 is 21.9 Å². The Balaban J connectivity index is 2.24. The number of aliphatic carboxylic acids is 1. The molecule has 0 aliphatic heterocycles. The molecule has 1 rings (SSSR count). The molecule has 1 amide bonds. The van der Waals surface area contributed by atoms with Crippen LogP contribution < -0.4 is 10.0 Å². The molecule has 104 valence electrons. The van der Waals surface area contributed by atoms with Crippen LogP contribution in [0, 0.1) is 11.8 Å². The van der Waals surface area contributed by atoms with Gasteiger partial charge in [0.25, 0.3) is 0 Å². The summed E-state index contributed by atoms with van der Waals surface area (Å²) in [6.07, 6.45) is 2.50. The topological polar surface area (TPSA) is 113 Å². The van der Waals surface area contributed by atoms with E-state index in [1.807, 2.05) is 0 Å². The highest BCUT2D eigenvalue weighted by atomic mass is 32.2. The lowest BCUT2D eigenvalue weighted by Crippen LogP contribution is -2.36. The van der Waals surface area contributed by atoms with E-state index in [9.17, 15) is 18.0 Å². The molecular formula is C10H18N2O5S. The lowest BCUT2D eigenvalue weighted by atomic mass is 10.0. The van der Waals surface area contributed by atoms with E-state index in [0.29, 0.717) is 19.3 Å². The molecule has 0 radical (unpaired) electrons. The highest BCUT2D eigenvalue weighted by Gasteiger charge is 2.33. The van der Waals surface area contributed by atoms with Crippen molar-refractivity contribution in [2.24, 2.45) is 11.8 Å². The molecule has 0 aromatic rings. The molecule has 7 nitrogen and oxygen atoms in total. The van der Waals surface area contributed by atoms with Gasteiger partial charge in [0, 0.05) is 19.0 Å². The predicted molar refractivity (Wildman–Crippen MR) is 64.3 cm³/mol. The molecule has 0 aromatic carbocycles. The van der Waals surface area contributed by atoms with Crippen molar-refractivity contribution < 1.29 is 23.1 Å². The van der Waals surface area contributed by atoms with Crippen molar-refractivity contribution in [3.8, 4) is 0 Å². The first-order valence-corrected chi connectivity index (χ1v) is 7.64. The molecule has 0 bridgehead atoms. The first-order valence-electron chi connectivity index (χ1n) is 5.75. The van der Waals surface area contributed by atoms with Crippen LogP contribution in [-0.2, 0) is 19.6 Å². The van der Waals surface area contributed by atoms with Crippen molar-refractivity contribution in [3.05, 3.63) is 0 Å². The second-order valence-corrected chi connectivity index (χ2v) is 6.34. The molecule has 8 heteroatoms. The Morgan fingerprint density at radius 1 is 1.22 bits per heavy atom. The summed E-state index contributed by atoms with van der Waals surface area (Å²) in [4.78, 5) is 22.4. The molecule has 1 saturated carbocycles. The Hall–Kier alpha value is -1.15. The van der Waals surface area contributed by atoms with E-state index in [0.717, 1.165) is 6.26 Å². The number of carbonyl (C=O) groups excluding carboxylic acids is 1. The van der Waals surface area contributed by atoms with Gasteiger partial charge in [-0.05, 0) is 19.3 Å². The maximum Gasteiger partial charge on any atom is 0.306 e. The van der Waals surface area contributed by atoms with Gasteiger partial charge in [0.15, 0.2) is 0 Å². The number of rotatable bonds is 6. The standard InChI is InChI=1S/C10H18N2O5S/c1-18(16,17)12-5-4-11-9(13)7-2-3-8(6-7)10(14)15/h7-8,12H,2-6H2,1H3,(H,11,13)(H,14,15). The minimum absolute atomic E-state index is 0.139. The van der Waals surface area contributed by atoms with Gasteiger partial charge in [0.2, 0.25) is 15.9 Å². The molecule has 2 atom stereocenters. The van der Waals surface area contributed by atoms with Crippen LogP contribution in [0.15, 0.2) is 0 Å². The zero-order valence-electron chi connectivity index (χ0n) is 10.2. The second-order valence-electron chi connectivity index (χ2n) is 4.50. The van der Waals surface area contributed by atoms with Gasteiger partial charge in [-0.25, -0.2) is 13.1 Å². The highest BCUT2D eigenvalue weighted by Crippen LogP contribution is 2.30. The second kappa shape index (κ2) is 6.14. The minimum atomic E-state index is -3.24. The third-order valence-corrected chi connectivity index (χ3v) is 3.67. The van der Waals surface area contributed by atoms with Crippen LogP contribution in [0.2, 0.25) is 0 Å². The lowest BCUT2D eigenvalue weighted by Gasteiger charge is -2.10. The van der Waals surface area contributed by atoms with Gasteiger partial charge in [0.1, 0.15) is 0 Å². The molecule has 1 aliphatic carbocycles. The Labute approximate surface area is 106 Å². The minimum Gasteiger partial charge on any atom is -0.481 e. The average Bonchev–Trinajstić information content (AvgIpc) is 2.72. The number of hydrogen-bond donors (Lipinski definition) is 3. The molecular weight excluding hydrogens is 260 g/mol. The van der Waals surface area contributed by atoms with Gasteiger partial charge >= 0.3 is 5.97 Å². The van der Waals surface area contributed by atoms with Crippen molar-refractivity contribution in [1.29, 1.82) is 0 Å². The number of nitrogens with one attached hydrogen (secondary N) is 2. The zero-order chi connectivity index (χ0) is 13.8. The Bertz CT molecular complexity index is 420. The molecule has 0 aromatic heterocycles. The molecule has 18 heavy (non-hydrogen) atoms. The summed E-state index contributed by atoms with van der Waals surface area (Å²) in [6.45, 7) is 0.347. The van der Waals surface area contributed by atoms with Gasteiger partial charge in [-0.2, -0.15) is 0 Å². The summed E-state index contributed by atoms with van der Waals surface area (Å²) < 4.78 is 23.8. The van der Waals surface area contributed by atoms with E-state index in [1.165, 1.54) is 0 Å². The van der Waals surface area contributed by atoms with Crippen LogP contribution in [-0.4, -0.2) is 44.7 Å².